The predicted octanol–water partition coefficient (Wildman–Crippen LogP) is 12.8. The molecule has 3 nitrogen and oxygen atoms in total. The molecular weight excluding hydrogens is 631 g/mol. The minimum Gasteiger partial charge on any atom is -0.208 e. The van der Waals surface area contributed by atoms with Crippen LogP contribution in [-0.4, -0.2) is 15.0 Å². The van der Waals surface area contributed by atoms with Gasteiger partial charge in [0.05, 0.1) is 0 Å². The van der Waals surface area contributed by atoms with E-state index in [1.165, 1.54) is 54.4 Å². The van der Waals surface area contributed by atoms with Gasteiger partial charge in [0.15, 0.2) is 17.5 Å². The van der Waals surface area contributed by atoms with Crippen LogP contribution in [0.15, 0.2) is 188 Å². The molecule has 0 aliphatic carbocycles. The van der Waals surface area contributed by atoms with Crippen LogP contribution in [0.2, 0.25) is 0 Å². The molecule has 10 rings (SSSR count). The SMILES string of the molecule is c1ccc(-c2nc(-c3cccc(-c4c5ccccc5c(-c5ccc6ccccc6c5)c5ccccc45)c3)nc(-c3ccc4ccccc4c3)n2)cc1. The molecule has 0 bridgehead atoms. The second-order valence-corrected chi connectivity index (χ2v) is 13.2. The fourth-order valence-corrected chi connectivity index (χ4v) is 7.59. The van der Waals surface area contributed by atoms with E-state index in [2.05, 4.69) is 170 Å². The normalized spacial score (nSPS) is 11.5. The summed E-state index contributed by atoms with van der Waals surface area (Å²) in [6.45, 7) is 0. The Morgan fingerprint density at radius 3 is 1.15 bits per heavy atom. The monoisotopic (exact) mass is 661 g/mol. The van der Waals surface area contributed by atoms with Crippen LogP contribution in [0.3, 0.4) is 0 Å². The van der Waals surface area contributed by atoms with Crippen molar-refractivity contribution in [1.29, 1.82) is 0 Å². The largest absolute Gasteiger partial charge is 0.208 e. The Morgan fingerprint density at radius 2 is 0.596 bits per heavy atom. The minimum atomic E-state index is 0.639. The van der Waals surface area contributed by atoms with E-state index in [0.29, 0.717) is 17.5 Å². The van der Waals surface area contributed by atoms with E-state index in [0.717, 1.165) is 27.6 Å². The van der Waals surface area contributed by atoms with Crippen LogP contribution in [0.4, 0.5) is 0 Å². The van der Waals surface area contributed by atoms with Gasteiger partial charge in [-0.2, -0.15) is 0 Å². The fourth-order valence-electron chi connectivity index (χ4n) is 7.59. The maximum atomic E-state index is 5.12. The van der Waals surface area contributed by atoms with Crippen molar-refractivity contribution in [1.82, 2.24) is 15.0 Å². The van der Waals surface area contributed by atoms with E-state index in [1.807, 2.05) is 18.2 Å². The first kappa shape index (κ1) is 29.9. The van der Waals surface area contributed by atoms with Crippen molar-refractivity contribution in [2.24, 2.45) is 0 Å². The third-order valence-corrected chi connectivity index (χ3v) is 10.1. The van der Waals surface area contributed by atoms with Crippen molar-refractivity contribution in [3.63, 3.8) is 0 Å². The highest BCUT2D eigenvalue weighted by Crippen LogP contribution is 2.44. The average Bonchev–Trinajstić information content (AvgIpc) is 3.22. The Hall–Kier alpha value is -6.97. The highest BCUT2D eigenvalue weighted by atomic mass is 15.0. The van der Waals surface area contributed by atoms with Gasteiger partial charge < -0.3 is 0 Å². The van der Waals surface area contributed by atoms with Gasteiger partial charge in [-0.3, -0.25) is 0 Å². The lowest BCUT2D eigenvalue weighted by Gasteiger charge is -2.18. The molecule has 9 aromatic carbocycles. The van der Waals surface area contributed by atoms with E-state index in [4.69, 9.17) is 15.0 Å². The topological polar surface area (TPSA) is 38.7 Å². The maximum absolute atomic E-state index is 5.12. The van der Waals surface area contributed by atoms with E-state index in [-0.39, 0.29) is 0 Å². The highest BCUT2D eigenvalue weighted by Gasteiger charge is 2.18. The predicted molar refractivity (Wildman–Crippen MR) is 217 cm³/mol. The molecule has 0 N–H and O–H groups in total. The average molecular weight is 662 g/mol. The van der Waals surface area contributed by atoms with E-state index in [1.54, 1.807) is 0 Å². The van der Waals surface area contributed by atoms with Crippen LogP contribution in [0.25, 0.3) is 99.5 Å². The number of rotatable bonds is 5. The van der Waals surface area contributed by atoms with Crippen molar-refractivity contribution in [3.8, 4) is 56.4 Å². The Kier molecular flexibility index (Phi) is 7.14. The number of nitrogens with zero attached hydrogens (tertiary/aromatic N) is 3. The second-order valence-electron chi connectivity index (χ2n) is 13.2. The zero-order chi connectivity index (χ0) is 34.4. The number of hydrogen-bond donors (Lipinski definition) is 0. The molecule has 1 aromatic heterocycles. The van der Waals surface area contributed by atoms with Crippen molar-refractivity contribution >= 4 is 43.1 Å². The molecule has 0 atom stereocenters. The van der Waals surface area contributed by atoms with Crippen LogP contribution < -0.4 is 0 Å². The first-order valence-corrected chi connectivity index (χ1v) is 17.6. The summed E-state index contributed by atoms with van der Waals surface area (Å²) in [4.78, 5) is 15.2. The number of hydrogen-bond acceptors (Lipinski definition) is 3. The maximum Gasteiger partial charge on any atom is 0.164 e. The summed E-state index contributed by atoms with van der Waals surface area (Å²) >= 11 is 0. The molecule has 0 aliphatic rings. The van der Waals surface area contributed by atoms with Gasteiger partial charge in [0, 0.05) is 16.7 Å². The smallest absolute Gasteiger partial charge is 0.164 e. The summed E-state index contributed by atoms with van der Waals surface area (Å²) in [5, 5.41) is 9.67. The third kappa shape index (κ3) is 5.19. The molecule has 0 saturated carbocycles. The van der Waals surface area contributed by atoms with Gasteiger partial charge in [0.25, 0.3) is 0 Å². The number of aromatic nitrogens is 3. The zero-order valence-corrected chi connectivity index (χ0v) is 28.2. The molecule has 242 valence electrons. The summed E-state index contributed by atoms with van der Waals surface area (Å²) in [7, 11) is 0. The van der Waals surface area contributed by atoms with Crippen molar-refractivity contribution in [3.05, 3.63) is 188 Å². The van der Waals surface area contributed by atoms with Crippen LogP contribution in [0.1, 0.15) is 0 Å². The summed E-state index contributed by atoms with van der Waals surface area (Å²) in [6, 6.07) is 66.6. The fraction of sp³-hybridized carbons (Fsp3) is 0. The number of fused-ring (bicyclic) bond motifs is 4. The Bertz CT molecular complexity index is 2910. The van der Waals surface area contributed by atoms with E-state index >= 15 is 0 Å². The number of benzene rings is 9. The lowest BCUT2D eigenvalue weighted by molar-refractivity contribution is 1.07. The molecule has 10 aromatic rings. The molecule has 3 heteroatoms. The van der Waals surface area contributed by atoms with Gasteiger partial charge in [-0.15, -0.1) is 0 Å². The van der Waals surface area contributed by atoms with Gasteiger partial charge in [-0.25, -0.2) is 15.0 Å². The molecule has 0 spiro atoms. The molecule has 0 radical (unpaired) electrons. The van der Waals surface area contributed by atoms with Crippen LogP contribution >= 0.6 is 0 Å². The summed E-state index contributed by atoms with van der Waals surface area (Å²) in [5.41, 5.74) is 7.62. The lowest BCUT2D eigenvalue weighted by atomic mass is 9.85. The summed E-state index contributed by atoms with van der Waals surface area (Å²) in [6.07, 6.45) is 0. The van der Waals surface area contributed by atoms with Gasteiger partial charge in [-0.1, -0.05) is 170 Å². The van der Waals surface area contributed by atoms with Gasteiger partial charge in [0.1, 0.15) is 0 Å². The van der Waals surface area contributed by atoms with Crippen LogP contribution in [0.5, 0.6) is 0 Å². The minimum absolute atomic E-state index is 0.639. The molecule has 0 fully saturated rings. The Labute approximate surface area is 301 Å². The summed E-state index contributed by atoms with van der Waals surface area (Å²) in [5.74, 6) is 1.94. The molecule has 1 heterocycles. The summed E-state index contributed by atoms with van der Waals surface area (Å²) < 4.78 is 0. The van der Waals surface area contributed by atoms with Gasteiger partial charge in [0.2, 0.25) is 0 Å². The molecule has 0 saturated heterocycles. The van der Waals surface area contributed by atoms with Crippen LogP contribution in [-0.2, 0) is 0 Å². The molecule has 52 heavy (non-hydrogen) atoms. The first-order valence-electron chi connectivity index (χ1n) is 17.6. The van der Waals surface area contributed by atoms with Crippen molar-refractivity contribution in [2.75, 3.05) is 0 Å². The van der Waals surface area contributed by atoms with Gasteiger partial charge >= 0.3 is 0 Å². The standard InChI is InChI=1S/C49H31N3/c1-2-15-34(16-3-1)47-50-48(52-49(51-47)40-28-26-33-14-5-7-18-36(33)30-40)39-20-12-19-37(31-39)45-41-21-8-10-23-43(41)46(44-24-11-9-22-42(44)45)38-27-25-32-13-4-6-17-35(32)29-38/h1-31H. The highest BCUT2D eigenvalue weighted by molar-refractivity contribution is 6.21. The third-order valence-electron chi connectivity index (χ3n) is 10.1. The Balaban J connectivity index is 1.18. The van der Waals surface area contributed by atoms with Crippen molar-refractivity contribution in [2.45, 2.75) is 0 Å². The molecule has 0 unspecified atom stereocenters. The van der Waals surface area contributed by atoms with E-state index in [9.17, 15) is 0 Å². The van der Waals surface area contributed by atoms with E-state index < -0.39 is 0 Å². The van der Waals surface area contributed by atoms with Crippen molar-refractivity contribution < 1.29 is 0 Å². The molecule has 0 amide bonds. The first-order chi connectivity index (χ1) is 25.8. The lowest BCUT2D eigenvalue weighted by Crippen LogP contribution is -2.00. The quantitative estimate of drug-likeness (QED) is 0.172. The zero-order valence-electron chi connectivity index (χ0n) is 28.2. The molecular formula is C49H31N3. The second kappa shape index (κ2) is 12.4. The molecule has 0 aliphatic heterocycles. The van der Waals surface area contributed by atoms with Gasteiger partial charge in [-0.05, 0) is 83.5 Å². The van der Waals surface area contributed by atoms with Crippen LogP contribution in [0, 0.1) is 0 Å². The Morgan fingerprint density at radius 1 is 0.231 bits per heavy atom.